The molecule has 1 unspecified atom stereocenters. The zero-order valence-corrected chi connectivity index (χ0v) is 26.4. The molecule has 1 aromatic heterocycles. The Hall–Kier alpha value is -6.36. The first-order valence-electron chi connectivity index (χ1n) is 15.0. The number of azo groups is 1. The van der Waals surface area contributed by atoms with Crippen LogP contribution >= 0.6 is 0 Å². The van der Waals surface area contributed by atoms with Crippen molar-refractivity contribution in [3.05, 3.63) is 148 Å². The summed E-state index contributed by atoms with van der Waals surface area (Å²) in [4.78, 5) is 57.6. The Bertz CT molecular complexity index is 2140. The van der Waals surface area contributed by atoms with Gasteiger partial charge in [0.15, 0.2) is 5.54 Å². The van der Waals surface area contributed by atoms with E-state index in [9.17, 15) is 24.3 Å². The van der Waals surface area contributed by atoms with Gasteiger partial charge in [-0.25, -0.2) is 9.48 Å². The molecule has 0 radical (unpaired) electrons. The number of para-hydroxylation sites is 1. The molecule has 11 nitrogen and oxygen atoms in total. The van der Waals surface area contributed by atoms with Crippen LogP contribution in [0.1, 0.15) is 16.8 Å². The molecule has 1 saturated heterocycles. The Morgan fingerprint density at radius 2 is 1.33 bits per heavy atom. The Kier molecular flexibility index (Phi) is 8.43. The summed E-state index contributed by atoms with van der Waals surface area (Å²) in [5.41, 5.74) is -0.939. The van der Waals surface area contributed by atoms with Crippen LogP contribution in [0, 0.1) is 6.92 Å². The standard InChI is InChI=1S/C37H31N5O6/c1-24-31(34(45)42(40(24)2)29-17-11-6-12-18-29)41-35(46)33(44)30(32(43)26-13-7-4-8-14-26)37(41,36(47)48-3)23-25-19-21-28(22-20-25)39-38-27-15-9-5-10-16-27/h4-22,43H,23H2,1-3H3/b32-30-,39-38?. The van der Waals surface area contributed by atoms with E-state index in [0.717, 1.165) is 12.0 Å². The van der Waals surface area contributed by atoms with E-state index in [-0.39, 0.29) is 17.7 Å². The van der Waals surface area contributed by atoms with Crippen LogP contribution in [-0.4, -0.2) is 44.8 Å². The van der Waals surface area contributed by atoms with Crippen molar-refractivity contribution in [1.82, 2.24) is 9.36 Å². The summed E-state index contributed by atoms with van der Waals surface area (Å²) in [6, 6.07) is 32.8. The highest BCUT2D eigenvalue weighted by Crippen LogP contribution is 2.44. The molecule has 0 bridgehead atoms. The topological polar surface area (TPSA) is 136 Å². The number of benzene rings is 4. The number of aliphatic hydroxyl groups excluding tert-OH is 1. The highest BCUT2D eigenvalue weighted by Gasteiger charge is 2.64. The molecule has 1 aliphatic heterocycles. The number of Topliss-reactive ketones (excluding diaryl/α,β-unsaturated/α-hetero) is 1. The van der Waals surface area contributed by atoms with Gasteiger partial charge in [0.05, 0.1) is 35.4 Å². The van der Waals surface area contributed by atoms with Gasteiger partial charge >= 0.3 is 11.9 Å². The van der Waals surface area contributed by atoms with Crippen molar-refractivity contribution < 1.29 is 24.2 Å². The normalized spacial score (nSPS) is 17.3. The maximum Gasteiger partial charge on any atom is 0.337 e. The highest BCUT2D eigenvalue weighted by molar-refractivity contribution is 6.54. The molecule has 240 valence electrons. The SMILES string of the molecule is COC(=O)C1(Cc2ccc(N=Nc3ccccc3)cc2)/C(=C(\O)c2ccccc2)C(=O)C(=O)N1c1c(C)n(C)n(-c2ccccc2)c1=O. The number of nitrogens with zero attached hydrogens (tertiary/aromatic N) is 5. The Labute approximate surface area is 275 Å². The van der Waals surface area contributed by atoms with Gasteiger partial charge in [0.1, 0.15) is 11.4 Å². The van der Waals surface area contributed by atoms with E-state index in [4.69, 9.17) is 4.74 Å². The van der Waals surface area contributed by atoms with Crippen LogP contribution in [-0.2, 0) is 32.6 Å². The lowest BCUT2D eigenvalue weighted by Gasteiger charge is -2.35. The van der Waals surface area contributed by atoms with Gasteiger partial charge in [-0.05, 0) is 48.9 Å². The molecule has 48 heavy (non-hydrogen) atoms. The number of anilines is 1. The lowest BCUT2D eigenvalue weighted by Crippen LogP contribution is -2.57. The fraction of sp³-hybridized carbons (Fsp3) is 0.135. The molecule has 1 N–H and O–H groups in total. The maximum atomic E-state index is 14.3. The molecule has 1 aliphatic rings. The minimum atomic E-state index is -2.27. The summed E-state index contributed by atoms with van der Waals surface area (Å²) in [5, 5.41) is 20.2. The second-order valence-corrected chi connectivity index (χ2v) is 11.2. The summed E-state index contributed by atoms with van der Waals surface area (Å²) in [6.07, 6.45) is -0.321. The molecule has 0 saturated carbocycles. The molecule has 2 heterocycles. The number of amides is 1. The van der Waals surface area contributed by atoms with E-state index >= 15 is 0 Å². The summed E-state index contributed by atoms with van der Waals surface area (Å²) in [5.74, 6) is -3.88. The number of carbonyl (C=O) groups excluding carboxylic acids is 3. The Morgan fingerprint density at radius 3 is 1.92 bits per heavy atom. The van der Waals surface area contributed by atoms with E-state index in [1.54, 1.807) is 98.9 Å². The molecular weight excluding hydrogens is 610 g/mol. The summed E-state index contributed by atoms with van der Waals surface area (Å²) in [6.45, 7) is 1.61. The summed E-state index contributed by atoms with van der Waals surface area (Å²) in [7, 11) is 2.76. The van der Waals surface area contributed by atoms with Gasteiger partial charge in [0, 0.05) is 19.0 Å². The fourth-order valence-corrected chi connectivity index (χ4v) is 6.02. The van der Waals surface area contributed by atoms with Crippen molar-refractivity contribution in [1.29, 1.82) is 0 Å². The highest BCUT2D eigenvalue weighted by atomic mass is 16.5. The van der Waals surface area contributed by atoms with Gasteiger partial charge < -0.3 is 9.84 Å². The Balaban J connectivity index is 1.57. The minimum absolute atomic E-state index is 0.200. The first-order valence-corrected chi connectivity index (χ1v) is 15.0. The number of ether oxygens (including phenoxy) is 1. The number of methoxy groups -OCH3 is 1. The van der Waals surface area contributed by atoms with Crippen LogP contribution in [0.3, 0.4) is 0 Å². The predicted octanol–water partition coefficient (Wildman–Crippen LogP) is 5.94. The molecule has 0 aliphatic carbocycles. The molecule has 4 aromatic carbocycles. The average Bonchev–Trinajstić information content (AvgIpc) is 3.47. The van der Waals surface area contributed by atoms with E-state index in [0.29, 0.717) is 28.3 Å². The van der Waals surface area contributed by atoms with Gasteiger partial charge in [-0.15, -0.1) is 0 Å². The zero-order valence-electron chi connectivity index (χ0n) is 26.4. The molecule has 1 fully saturated rings. The Morgan fingerprint density at radius 1 is 0.792 bits per heavy atom. The van der Waals surface area contributed by atoms with Gasteiger partial charge in [0.25, 0.3) is 11.3 Å². The number of hydrogen-bond donors (Lipinski definition) is 1. The minimum Gasteiger partial charge on any atom is -0.507 e. The third kappa shape index (κ3) is 5.30. The van der Waals surface area contributed by atoms with Gasteiger partial charge in [-0.2, -0.15) is 10.2 Å². The molecule has 5 aromatic rings. The molecule has 1 atom stereocenters. The van der Waals surface area contributed by atoms with Crippen LogP contribution in [0.5, 0.6) is 0 Å². The number of carbonyl (C=O) groups is 3. The molecular formula is C37H31N5O6. The van der Waals surface area contributed by atoms with Gasteiger partial charge in [-0.3, -0.25) is 24.0 Å². The van der Waals surface area contributed by atoms with E-state index in [1.807, 2.05) is 30.3 Å². The van der Waals surface area contributed by atoms with Crippen molar-refractivity contribution in [3.8, 4) is 5.69 Å². The summed E-state index contributed by atoms with van der Waals surface area (Å²) >= 11 is 0. The van der Waals surface area contributed by atoms with Gasteiger partial charge in [0.2, 0.25) is 0 Å². The lowest BCUT2D eigenvalue weighted by atomic mass is 9.81. The maximum absolute atomic E-state index is 14.3. The zero-order chi connectivity index (χ0) is 34.0. The van der Waals surface area contributed by atoms with Crippen LogP contribution in [0.2, 0.25) is 0 Å². The first kappa shape index (κ1) is 31.6. The number of rotatable bonds is 8. The monoisotopic (exact) mass is 641 g/mol. The second-order valence-electron chi connectivity index (χ2n) is 11.2. The number of hydrogen-bond acceptors (Lipinski definition) is 8. The van der Waals surface area contributed by atoms with Crippen molar-refractivity contribution in [3.63, 3.8) is 0 Å². The van der Waals surface area contributed by atoms with Crippen molar-refractivity contribution in [2.75, 3.05) is 12.0 Å². The first-order chi connectivity index (χ1) is 23.2. The third-order valence-corrected chi connectivity index (χ3v) is 8.41. The number of ketones is 1. The largest absolute Gasteiger partial charge is 0.507 e. The average molecular weight is 642 g/mol. The van der Waals surface area contributed by atoms with E-state index in [2.05, 4.69) is 10.2 Å². The molecule has 1 amide bonds. The quantitative estimate of drug-likeness (QED) is 0.0733. The van der Waals surface area contributed by atoms with Gasteiger partial charge in [-0.1, -0.05) is 78.9 Å². The van der Waals surface area contributed by atoms with E-state index in [1.165, 1.54) is 9.36 Å². The van der Waals surface area contributed by atoms with Crippen LogP contribution < -0.4 is 10.5 Å². The van der Waals surface area contributed by atoms with Crippen molar-refractivity contribution in [2.24, 2.45) is 17.3 Å². The molecule has 11 heteroatoms. The van der Waals surface area contributed by atoms with Crippen molar-refractivity contribution >= 4 is 40.5 Å². The fourth-order valence-electron chi connectivity index (χ4n) is 6.02. The smallest absolute Gasteiger partial charge is 0.337 e. The molecule has 0 spiro atoms. The molecule has 6 rings (SSSR count). The van der Waals surface area contributed by atoms with E-state index < -0.39 is 40.1 Å². The predicted molar refractivity (Wildman–Crippen MR) is 180 cm³/mol. The second kappa shape index (κ2) is 12.8. The number of aliphatic hydroxyl groups is 1. The van der Waals surface area contributed by atoms with Crippen molar-refractivity contribution in [2.45, 2.75) is 18.9 Å². The third-order valence-electron chi connectivity index (χ3n) is 8.41. The lowest BCUT2D eigenvalue weighted by molar-refractivity contribution is -0.146. The number of aromatic nitrogens is 2. The van der Waals surface area contributed by atoms with Crippen LogP contribution in [0.25, 0.3) is 11.4 Å². The van der Waals surface area contributed by atoms with Crippen LogP contribution in [0.15, 0.2) is 136 Å². The number of esters is 1. The summed E-state index contributed by atoms with van der Waals surface area (Å²) < 4.78 is 8.19. The van der Waals surface area contributed by atoms with Crippen LogP contribution in [0.4, 0.5) is 17.1 Å².